The third kappa shape index (κ3) is 4.73. The first-order valence-corrected chi connectivity index (χ1v) is 8.14. The molecule has 2 aromatic rings. The highest BCUT2D eigenvalue weighted by Crippen LogP contribution is 2.25. The van der Waals surface area contributed by atoms with E-state index in [9.17, 15) is 9.59 Å². The average Bonchev–Trinajstić information content (AvgIpc) is 2.60. The van der Waals surface area contributed by atoms with Gasteiger partial charge >= 0.3 is 0 Å². The Kier molecular flexibility index (Phi) is 6.42. The van der Waals surface area contributed by atoms with Crippen molar-refractivity contribution < 1.29 is 9.59 Å². The SMILES string of the molecule is CC(=O)Nc1ccc(CNC(=O)c2cccc3c2CCCN3)cc1.Cl. The number of rotatable bonds is 4. The van der Waals surface area contributed by atoms with Crippen molar-refractivity contribution in [3.8, 4) is 0 Å². The molecule has 132 valence electrons. The van der Waals surface area contributed by atoms with Crippen LogP contribution in [0.3, 0.4) is 0 Å². The Labute approximate surface area is 153 Å². The van der Waals surface area contributed by atoms with E-state index in [1.807, 2.05) is 42.5 Å². The van der Waals surface area contributed by atoms with E-state index in [0.717, 1.165) is 47.5 Å². The van der Waals surface area contributed by atoms with Gasteiger partial charge in [-0.1, -0.05) is 18.2 Å². The van der Waals surface area contributed by atoms with Crippen molar-refractivity contribution in [3.63, 3.8) is 0 Å². The maximum atomic E-state index is 12.5. The molecule has 1 heterocycles. The van der Waals surface area contributed by atoms with E-state index >= 15 is 0 Å². The number of nitrogens with one attached hydrogen (secondary N) is 3. The molecule has 0 unspecified atom stereocenters. The predicted molar refractivity (Wildman–Crippen MR) is 102 cm³/mol. The lowest BCUT2D eigenvalue weighted by Gasteiger charge is -2.20. The number of carbonyl (C=O) groups excluding carboxylic acids is 2. The molecule has 1 aliphatic heterocycles. The molecule has 5 nitrogen and oxygen atoms in total. The molecule has 0 atom stereocenters. The molecule has 0 radical (unpaired) electrons. The van der Waals surface area contributed by atoms with Gasteiger partial charge in [0.1, 0.15) is 0 Å². The summed E-state index contributed by atoms with van der Waals surface area (Å²) in [4.78, 5) is 23.5. The molecule has 1 aliphatic rings. The molecule has 2 amide bonds. The van der Waals surface area contributed by atoms with Crippen LogP contribution in [0.25, 0.3) is 0 Å². The number of anilines is 2. The predicted octanol–water partition coefficient (Wildman–Crippen LogP) is 3.35. The summed E-state index contributed by atoms with van der Waals surface area (Å²) in [6, 6.07) is 13.3. The number of amides is 2. The summed E-state index contributed by atoms with van der Waals surface area (Å²) in [7, 11) is 0. The van der Waals surface area contributed by atoms with Crippen LogP contribution in [-0.4, -0.2) is 18.4 Å². The van der Waals surface area contributed by atoms with Gasteiger partial charge in [-0.2, -0.15) is 0 Å². The number of fused-ring (bicyclic) bond motifs is 1. The van der Waals surface area contributed by atoms with E-state index in [2.05, 4.69) is 16.0 Å². The highest BCUT2D eigenvalue weighted by Gasteiger charge is 2.16. The third-order valence-electron chi connectivity index (χ3n) is 4.07. The average molecular weight is 360 g/mol. The maximum absolute atomic E-state index is 12.5. The fraction of sp³-hybridized carbons (Fsp3) is 0.263. The Morgan fingerprint density at radius 1 is 1.12 bits per heavy atom. The van der Waals surface area contributed by atoms with E-state index in [1.54, 1.807) is 0 Å². The summed E-state index contributed by atoms with van der Waals surface area (Å²) in [5.41, 5.74) is 4.64. The lowest BCUT2D eigenvalue weighted by molar-refractivity contribution is -0.114. The zero-order valence-corrected chi connectivity index (χ0v) is 14.9. The van der Waals surface area contributed by atoms with Crippen LogP contribution in [-0.2, 0) is 17.8 Å². The van der Waals surface area contributed by atoms with Gasteiger partial charge in [0.15, 0.2) is 0 Å². The fourth-order valence-corrected chi connectivity index (χ4v) is 2.91. The quantitative estimate of drug-likeness (QED) is 0.784. The van der Waals surface area contributed by atoms with Crippen LogP contribution in [0.5, 0.6) is 0 Å². The molecule has 0 aliphatic carbocycles. The normalized spacial score (nSPS) is 12.2. The molecular weight excluding hydrogens is 338 g/mol. The van der Waals surface area contributed by atoms with Crippen LogP contribution in [0, 0.1) is 0 Å². The number of hydrogen-bond acceptors (Lipinski definition) is 3. The van der Waals surface area contributed by atoms with Crippen molar-refractivity contribution in [2.75, 3.05) is 17.2 Å². The van der Waals surface area contributed by atoms with E-state index in [-0.39, 0.29) is 24.2 Å². The van der Waals surface area contributed by atoms with E-state index in [1.165, 1.54) is 6.92 Å². The summed E-state index contributed by atoms with van der Waals surface area (Å²) >= 11 is 0. The minimum atomic E-state index is -0.0986. The zero-order chi connectivity index (χ0) is 16.9. The lowest BCUT2D eigenvalue weighted by Crippen LogP contribution is -2.25. The first-order chi connectivity index (χ1) is 11.6. The van der Waals surface area contributed by atoms with Crippen molar-refractivity contribution in [2.45, 2.75) is 26.3 Å². The van der Waals surface area contributed by atoms with Gasteiger partial charge in [0, 0.05) is 37.0 Å². The van der Waals surface area contributed by atoms with Crippen molar-refractivity contribution in [2.24, 2.45) is 0 Å². The maximum Gasteiger partial charge on any atom is 0.251 e. The Morgan fingerprint density at radius 2 is 1.88 bits per heavy atom. The van der Waals surface area contributed by atoms with Crippen LogP contribution < -0.4 is 16.0 Å². The van der Waals surface area contributed by atoms with Crippen molar-refractivity contribution in [1.29, 1.82) is 0 Å². The van der Waals surface area contributed by atoms with Gasteiger partial charge < -0.3 is 16.0 Å². The van der Waals surface area contributed by atoms with E-state index < -0.39 is 0 Å². The van der Waals surface area contributed by atoms with Gasteiger partial charge in [0.25, 0.3) is 5.91 Å². The zero-order valence-electron chi connectivity index (χ0n) is 14.1. The van der Waals surface area contributed by atoms with Crippen molar-refractivity contribution >= 4 is 35.6 Å². The molecule has 2 aromatic carbocycles. The molecule has 0 aromatic heterocycles. The summed E-state index contributed by atoms with van der Waals surface area (Å²) < 4.78 is 0. The van der Waals surface area contributed by atoms with Gasteiger partial charge in [-0.25, -0.2) is 0 Å². The molecule has 3 N–H and O–H groups in total. The van der Waals surface area contributed by atoms with Crippen molar-refractivity contribution in [3.05, 3.63) is 59.2 Å². The standard InChI is InChI=1S/C19H21N3O2.ClH/c1-13(23)22-15-9-7-14(8-10-15)12-21-19(24)17-4-2-6-18-16(17)5-3-11-20-18;/h2,4,6-10,20H,3,5,11-12H2,1H3,(H,21,24)(H,22,23);1H. The van der Waals surface area contributed by atoms with Crippen LogP contribution in [0.1, 0.15) is 34.8 Å². The second-order valence-corrected chi connectivity index (χ2v) is 5.92. The molecule has 0 bridgehead atoms. The second kappa shape index (κ2) is 8.53. The minimum absolute atomic E-state index is 0. The lowest BCUT2D eigenvalue weighted by atomic mass is 9.97. The summed E-state index contributed by atoms with van der Waals surface area (Å²) in [5, 5.41) is 9.03. The monoisotopic (exact) mass is 359 g/mol. The fourth-order valence-electron chi connectivity index (χ4n) is 2.91. The minimum Gasteiger partial charge on any atom is -0.385 e. The largest absolute Gasteiger partial charge is 0.385 e. The molecule has 0 saturated carbocycles. The molecule has 0 saturated heterocycles. The van der Waals surface area contributed by atoms with Gasteiger partial charge in [-0.15, -0.1) is 12.4 Å². The summed E-state index contributed by atoms with van der Waals surface area (Å²) in [6.07, 6.45) is 1.97. The second-order valence-electron chi connectivity index (χ2n) is 5.92. The molecule has 0 spiro atoms. The van der Waals surface area contributed by atoms with Crippen LogP contribution in [0.15, 0.2) is 42.5 Å². The molecule has 3 rings (SSSR count). The smallest absolute Gasteiger partial charge is 0.251 e. The van der Waals surface area contributed by atoms with Gasteiger partial charge in [0.05, 0.1) is 0 Å². The highest BCUT2D eigenvalue weighted by atomic mass is 35.5. The third-order valence-corrected chi connectivity index (χ3v) is 4.07. The van der Waals surface area contributed by atoms with Gasteiger partial charge in [0.2, 0.25) is 5.91 Å². The molecule has 6 heteroatoms. The topological polar surface area (TPSA) is 70.2 Å². The highest BCUT2D eigenvalue weighted by molar-refractivity contribution is 5.97. The molecular formula is C19H22ClN3O2. The summed E-state index contributed by atoms with van der Waals surface area (Å²) in [5.74, 6) is -0.153. The van der Waals surface area contributed by atoms with Crippen LogP contribution in [0.4, 0.5) is 11.4 Å². The van der Waals surface area contributed by atoms with Gasteiger partial charge in [-0.3, -0.25) is 9.59 Å². The number of halogens is 1. The number of hydrogen-bond donors (Lipinski definition) is 3. The van der Waals surface area contributed by atoms with Crippen molar-refractivity contribution in [1.82, 2.24) is 5.32 Å². The Balaban J connectivity index is 0.00000225. The Hall–Kier alpha value is -2.53. The first-order valence-electron chi connectivity index (χ1n) is 8.14. The Morgan fingerprint density at radius 3 is 2.60 bits per heavy atom. The van der Waals surface area contributed by atoms with Crippen LogP contribution in [0.2, 0.25) is 0 Å². The Bertz CT molecular complexity index is 760. The summed E-state index contributed by atoms with van der Waals surface area (Å²) in [6.45, 7) is 2.89. The van der Waals surface area contributed by atoms with Crippen LogP contribution >= 0.6 is 12.4 Å². The first kappa shape index (κ1) is 18.8. The number of benzene rings is 2. The van der Waals surface area contributed by atoms with E-state index in [0.29, 0.717) is 6.54 Å². The number of carbonyl (C=O) groups is 2. The van der Waals surface area contributed by atoms with Gasteiger partial charge in [-0.05, 0) is 48.2 Å². The molecule has 0 fully saturated rings. The molecule has 25 heavy (non-hydrogen) atoms. The van der Waals surface area contributed by atoms with E-state index in [4.69, 9.17) is 0 Å².